The van der Waals surface area contributed by atoms with Gasteiger partial charge < -0.3 is 15.5 Å². The van der Waals surface area contributed by atoms with Gasteiger partial charge in [0.05, 0.1) is 6.54 Å². The Morgan fingerprint density at radius 1 is 1.50 bits per heavy atom. The monoisotopic (exact) mass is 245 g/mol. The van der Waals surface area contributed by atoms with E-state index in [1.807, 2.05) is 11.0 Å². The molecule has 0 atom stereocenters. The van der Waals surface area contributed by atoms with Gasteiger partial charge in [0.2, 0.25) is 5.91 Å². The third-order valence-corrected chi connectivity index (χ3v) is 2.75. The van der Waals surface area contributed by atoms with Gasteiger partial charge in [0, 0.05) is 26.2 Å². The molecule has 94 valence electrons. The summed E-state index contributed by atoms with van der Waals surface area (Å²) in [7, 11) is 0. The average molecular weight is 245 g/mol. The second kappa shape index (κ2) is 5.98. The molecule has 6 heteroatoms. The standard InChI is InChI=1S/C12H15N5O/c13-8-10-2-1-3-11(16-10)15-9-12(18)17-6-4-14-5-7-17/h1-3,14H,4-7,9H2,(H,15,16). The number of hydrogen-bond donors (Lipinski definition) is 2. The molecule has 1 aromatic rings. The number of carbonyl (C=O) groups excluding carboxylic acids is 1. The van der Waals surface area contributed by atoms with E-state index >= 15 is 0 Å². The first-order valence-electron chi connectivity index (χ1n) is 5.89. The van der Waals surface area contributed by atoms with Crippen LogP contribution in [0.2, 0.25) is 0 Å². The number of hydrogen-bond acceptors (Lipinski definition) is 5. The normalized spacial score (nSPS) is 14.9. The predicted molar refractivity (Wildman–Crippen MR) is 66.9 cm³/mol. The summed E-state index contributed by atoms with van der Waals surface area (Å²) in [6, 6.07) is 7.07. The van der Waals surface area contributed by atoms with E-state index in [9.17, 15) is 4.79 Å². The van der Waals surface area contributed by atoms with Gasteiger partial charge in [-0.3, -0.25) is 4.79 Å². The fraction of sp³-hybridized carbons (Fsp3) is 0.417. The first kappa shape index (κ1) is 12.3. The number of aromatic nitrogens is 1. The van der Waals surface area contributed by atoms with E-state index in [1.165, 1.54) is 0 Å². The molecule has 0 aliphatic carbocycles. The van der Waals surface area contributed by atoms with Crippen molar-refractivity contribution in [2.24, 2.45) is 0 Å². The third-order valence-electron chi connectivity index (χ3n) is 2.75. The minimum absolute atomic E-state index is 0.0562. The minimum Gasteiger partial charge on any atom is -0.361 e. The Morgan fingerprint density at radius 2 is 2.28 bits per heavy atom. The zero-order chi connectivity index (χ0) is 12.8. The fourth-order valence-electron chi connectivity index (χ4n) is 1.79. The molecule has 0 saturated carbocycles. The van der Waals surface area contributed by atoms with Gasteiger partial charge in [-0.1, -0.05) is 6.07 Å². The van der Waals surface area contributed by atoms with Crippen molar-refractivity contribution in [3.63, 3.8) is 0 Å². The maximum absolute atomic E-state index is 11.9. The van der Waals surface area contributed by atoms with Gasteiger partial charge in [0.1, 0.15) is 17.6 Å². The van der Waals surface area contributed by atoms with Crippen LogP contribution in [0.1, 0.15) is 5.69 Å². The van der Waals surface area contributed by atoms with Gasteiger partial charge >= 0.3 is 0 Å². The lowest BCUT2D eigenvalue weighted by atomic mass is 10.3. The molecule has 1 aromatic heterocycles. The van der Waals surface area contributed by atoms with Crippen LogP contribution in [0.5, 0.6) is 0 Å². The Morgan fingerprint density at radius 3 is 3.00 bits per heavy atom. The van der Waals surface area contributed by atoms with Crippen LogP contribution in [-0.2, 0) is 4.79 Å². The maximum atomic E-state index is 11.9. The fourth-order valence-corrected chi connectivity index (χ4v) is 1.79. The largest absolute Gasteiger partial charge is 0.361 e. The lowest BCUT2D eigenvalue weighted by Gasteiger charge is -2.27. The summed E-state index contributed by atoms with van der Waals surface area (Å²) in [5.74, 6) is 0.609. The first-order chi connectivity index (χ1) is 8.79. The molecular weight excluding hydrogens is 230 g/mol. The van der Waals surface area contributed by atoms with E-state index in [2.05, 4.69) is 15.6 Å². The Bertz CT molecular complexity index is 462. The van der Waals surface area contributed by atoms with Gasteiger partial charge in [0.25, 0.3) is 0 Å². The number of piperazine rings is 1. The quantitative estimate of drug-likeness (QED) is 0.770. The summed E-state index contributed by atoms with van der Waals surface area (Å²) in [6.45, 7) is 3.38. The molecule has 0 radical (unpaired) electrons. The van der Waals surface area contributed by atoms with Crippen LogP contribution < -0.4 is 10.6 Å². The summed E-state index contributed by atoms with van der Waals surface area (Å²) >= 11 is 0. The van der Waals surface area contributed by atoms with Gasteiger partial charge in [-0.25, -0.2) is 4.98 Å². The highest BCUT2D eigenvalue weighted by Crippen LogP contribution is 2.04. The molecular formula is C12H15N5O. The number of amides is 1. The molecule has 1 aliphatic heterocycles. The van der Waals surface area contributed by atoms with Crippen molar-refractivity contribution in [1.29, 1.82) is 5.26 Å². The zero-order valence-corrected chi connectivity index (χ0v) is 10.0. The van der Waals surface area contributed by atoms with E-state index in [1.54, 1.807) is 18.2 Å². The van der Waals surface area contributed by atoms with Crippen molar-refractivity contribution in [2.75, 3.05) is 38.0 Å². The molecule has 2 heterocycles. The SMILES string of the molecule is N#Cc1cccc(NCC(=O)N2CCNCC2)n1. The molecule has 1 amide bonds. The van der Waals surface area contributed by atoms with Crippen molar-refractivity contribution in [3.8, 4) is 6.07 Å². The summed E-state index contributed by atoms with van der Waals surface area (Å²) in [5.41, 5.74) is 0.342. The molecule has 1 aliphatic rings. The van der Waals surface area contributed by atoms with Crippen LogP contribution >= 0.6 is 0 Å². The Hall–Kier alpha value is -2.13. The highest BCUT2D eigenvalue weighted by Gasteiger charge is 2.15. The minimum atomic E-state index is 0.0562. The van der Waals surface area contributed by atoms with E-state index in [-0.39, 0.29) is 12.5 Å². The molecule has 0 unspecified atom stereocenters. The zero-order valence-electron chi connectivity index (χ0n) is 10.0. The predicted octanol–water partition coefficient (Wildman–Crippen LogP) is -0.203. The van der Waals surface area contributed by atoms with Gasteiger partial charge in [-0.2, -0.15) is 5.26 Å². The number of rotatable bonds is 3. The molecule has 0 spiro atoms. The lowest BCUT2D eigenvalue weighted by Crippen LogP contribution is -2.48. The molecule has 1 saturated heterocycles. The summed E-state index contributed by atoms with van der Waals surface area (Å²) in [5, 5.41) is 14.9. The van der Waals surface area contributed by atoms with Gasteiger partial charge in [-0.05, 0) is 12.1 Å². The third kappa shape index (κ3) is 3.18. The summed E-state index contributed by atoms with van der Waals surface area (Å²) < 4.78 is 0. The van der Waals surface area contributed by atoms with E-state index in [0.717, 1.165) is 26.2 Å². The highest BCUT2D eigenvalue weighted by atomic mass is 16.2. The Labute approximate surface area is 106 Å². The molecule has 2 rings (SSSR count). The van der Waals surface area contributed by atoms with Crippen LogP contribution in [-0.4, -0.2) is 48.5 Å². The number of anilines is 1. The average Bonchev–Trinajstić information content (AvgIpc) is 2.46. The maximum Gasteiger partial charge on any atom is 0.242 e. The topological polar surface area (TPSA) is 81.0 Å². The van der Waals surface area contributed by atoms with Crippen LogP contribution in [0, 0.1) is 11.3 Å². The van der Waals surface area contributed by atoms with Crippen molar-refractivity contribution in [3.05, 3.63) is 23.9 Å². The van der Waals surface area contributed by atoms with Gasteiger partial charge in [-0.15, -0.1) is 0 Å². The van der Waals surface area contributed by atoms with Crippen molar-refractivity contribution < 1.29 is 4.79 Å². The lowest BCUT2D eigenvalue weighted by molar-refractivity contribution is -0.129. The van der Waals surface area contributed by atoms with E-state index in [4.69, 9.17) is 5.26 Å². The van der Waals surface area contributed by atoms with Crippen LogP contribution in [0.25, 0.3) is 0 Å². The van der Waals surface area contributed by atoms with Crippen LogP contribution in [0.15, 0.2) is 18.2 Å². The Kier molecular flexibility index (Phi) is 4.10. The molecule has 0 bridgehead atoms. The van der Waals surface area contributed by atoms with Gasteiger partial charge in [0.15, 0.2) is 0 Å². The molecule has 6 nitrogen and oxygen atoms in total. The van der Waals surface area contributed by atoms with Crippen LogP contribution in [0.3, 0.4) is 0 Å². The summed E-state index contributed by atoms with van der Waals surface area (Å²) in [6.07, 6.45) is 0. The number of nitrogens with one attached hydrogen (secondary N) is 2. The highest BCUT2D eigenvalue weighted by molar-refractivity contribution is 5.80. The second-order valence-corrected chi connectivity index (χ2v) is 4.00. The Balaban J connectivity index is 1.86. The molecule has 2 N–H and O–H groups in total. The number of pyridine rings is 1. The van der Waals surface area contributed by atoms with Crippen molar-refractivity contribution >= 4 is 11.7 Å². The molecule has 0 aromatic carbocycles. The summed E-state index contributed by atoms with van der Waals surface area (Å²) in [4.78, 5) is 17.7. The second-order valence-electron chi connectivity index (χ2n) is 4.00. The molecule has 1 fully saturated rings. The van der Waals surface area contributed by atoms with Crippen molar-refractivity contribution in [2.45, 2.75) is 0 Å². The number of nitriles is 1. The van der Waals surface area contributed by atoms with Crippen molar-refractivity contribution in [1.82, 2.24) is 15.2 Å². The molecule has 18 heavy (non-hydrogen) atoms. The first-order valence-corrected chi connectivity index (χ1v) is 5.89. The smallest absolute Gasteiger partial charge is 0.242 e. The number of nitrogens with zero attached hydrogens (tertiary/aromatic N) is 3. The van der Waals surface area contributed by atoms with E-state index in [0.29, 0.717) is 11.5 Å². The van der Waals surface area contributed by atoms with Crippen LogP contribution in [0.4, 0.5) is 5.82 Å². The van der Waals surface area contributed by atoms with E-state index < -0.39 is 0 Å². The number of carbonyl (C=O) groups is 1.